The Morgan fingerprint density at radius 3 is 2.54 bits per heavy atom. The highest BCUT2D eigenvalue weighted by atomic mass is 79.9. The first-order chi connectivity index (χ1) is 18.6. The number of benzene rings is 2. The number of nitrogens with zero attached hydrogens (tertiary/aromatic N) is 2. The molecule has 206 valence electrons. The number of hydrogen-bond donors (Lipinski definition) is 0. The van der Waals surface area contributed by atoms with Gasteiger partial charge in [-0.2, -0.15) is 0 Å². The lowest BCUT2D eigenvalue weighted by atomic mass is 9.95. The first kappa shape index (κ1) is 29.1. The van der Waals surface area contributed by atoms with Crippen molar-refractivity contribution in [2.75, 3.05) is 20.8 Å². The molecule has 1 aromatic heterocycles. The molecule has 0 saturated heterocycles. The molecule has 4 rings (SSSR count). The molecule has 0 bridgehead atoms. The van der Waals surface area contributed by atoms with E-state index < -0.39 is 12.0 Å². The number of methoxy groups -OCH3 is 2. The normalized spacial score (nSPS) is 15.2. The standard InChI is InChI=1S/C28H28Br2N2O6S/c1-7-37-21-11-16(10-19(30)25(21)36-6)12-22-26(33)32-24(18-13-17(29)8-9-20(18)35-5)23(27(34)38-14(2)3)15(4)31-28(32)39-22/h8-14,24H,7H2,1-6H3/b22-12-/t24-/m1/s1. The Balaban J connectivity index is 1.98. The second-order valence-corrected chi connectivity index (χ2v) is 11.7. The van der Waals surface area contributed by atoms with Gasteiger partial charge in [0.15, 0.2) is 16.3 Å². The second-order valence-electron chi connectivity index (χ2n) is 8.89. The van der Waals surface area contributed by atoms with Crippen LogP contribution in [0.2, 0.25) is 0 Å². The highest BCUT2D eigenvalue weighted by Gasteiger charge is 2.35. The molecule has 0 unspecified atom stereocenters. The van der Waals surface area contributed by atoms with Crippen molar-refractivity contribution in [3.05, 3.63) is 81.4 Å². The summed E-state index contributed by atoms with van der Waals surface area (Å²) < 4.78 is 25.9. The van der Waals surface area contributed by atoms with Crippen molar-refractivity contribution in [3.8, 4) is 17.2 Å². The molecule has 0 fully saturated rings. The smallest absolute Gasteiger partial charge is 0.338 e. The Bertz CT molecular complexity index is 1640. The second kappa shape index (κ2) is 12.1. The third-order valence-corrected chi connectivity index (χ3v) is 7.97. The quantitative estimate of drug-likeness (QED) is 0.307. The predicted molar refractivity (Wildman–Crippen MR) is 158 cm³/mol. The van der Waals surface area contributed by atoms with E-state index in [-0.39, 0.29) is 17.2 Å². The third kappa shape index (κ3) is 5.85. The van der Waals surface area contributed by atoms with Gasteiger partial charge in [-0.25, -0.2) is 9.79 Å². The van der Waals surface area contributed by atoms with Crippen LogP contribution in [0.3, 0.4) is 0 Å². The number of hydrogen-bond acceptors (Lipinski definition) is 8. The summed E-state index contributed by atoms with van der Waals surface area (Å²) in [5.41, 5.74) is 1.84. The minimum atomic E-state index is -0.802. The molecule has 0 amide bonds. The number of fused-ring (bicyclic) bond motifs is 1. The predicted octanol–water partition coefficient (Wildman–Crippen LogP) is 5.13. The monoisotopic (exact) mass is 678 g/mol. The molecule has 39 heavy (non-hydrogen) atoms. The van der Waals surface area contributed by atoms with Crippen molar-refractivity contribution in [2.45, 2.75) is 39.8 Å². The highest BCUT2D eigenvalue weighted by Crippen LogP contribution is 2.38. The van der Waals surface area contributed by atoms with Gasteiger partial charge < -0.3 is 18.9 Å². The summed E-state index contributed by atoms with van der Waals surface area (Å²) >= 11 is 8.29. The molecule has 0 saturated carbocycles. The summed E-state index contributed by atoms with van der Waals surface area (Å²) in [7, 11) is 3.12. The number of esters is 1. The van der Waals surface area contributed by atoms with Crippen molar-refractivity contribution < 1.29 is 23.7 Å². The van der Waals surface area contributed by atoms with Gasteiger partial charge in [-0.05, 0) is 85.6 Å². The lowest BCUT2D eigenvalue weighted by molar-refractivity contribution is -0.143. The van der Waals surface area contributed by atoms with E-state index in [1.165, 1.54) is 15.9 Å². The zero-order valence-electron chi connectivity index (χ0n) is 22.3. The van der Waals surface area contributed by atoms with Gasteiger partial charge in [-0.3, -0.25) is 9.36 Å². The Labute approximate surface area is 246 Å². The lowest BCUT2D eigenvalue weighted by Gasteiger charge is -2.26. The molecule has 0 N–H and O–H groups in total. The number of carbonyl (C=O) groups is 1. The van der Waals surface area contributed by atoms with E-state index in [1.54, 1.807) is 47.1 Å². The summed E-state index contributed by atoms with van der Waals surface area (Å²) in [6.07, 6.45) is 1.43. The molecular weight excluding hydrogens is 652 g/mol. The summed E-state index contributed by atoms with van der Waals surface area (Å²) in [5.74, 6) is 1.12. The molecule has 2 aromatic carbocycles. The molecule has 1 atom stereocenters. The van der Waals surface area contributed by atoms with Gasteiger partial charge in [0.1, 0.15) is 11.8 Å². The fraction of sp³-hybridized carbons (Fsp3) is 0.321. The average Bonchev–Trinajstić information content (AvgIpc) is 3.17. The van der Waals surface area contributed by atoms with Gasteiger partial charge in [-0.1, -0.05) is 27.3 Å². The Hall–Kier alpha value is -2.89. The fourth-order valence-corrected chi connectivity index (χ4v) is 6.40. The van der Waals surface area contributed by atoms with Gasteiger partial charge in [0.25, 0.3) is 5.56 Å². The molecule has 1 aliphatic heterocycles. The van der Waals surface area contributed by atoms with Crippen molar-refractivity contribution in [1.29, 1.82) is 0 Å². The van der Waals surface area contributed by atoms with Crippen LogP contribution < -0.4 is 29.1 Å². The van der Waals surface area contributed by atoms with E-state index in [9.17, 15) is 9.59 Å². The maximum Gasteiger partial charge on any atom is 0.338 e. The Kier molecular flexibility index (Phi) is 9.03. The van der Waals surface area contributed by atoms with Gasteiger partial charge in [0.05, 0.1) is 47.2 Å². The summed E-state index contributed by atoms with van der Waals surface area (Å²) in [6.45, 7) is 7.65. The number of allylic oxidation sites excluding steroid dienone is 1. The summed E-state index contributed by atoms with van der Waals surface area (Å²) in [5, 5.41) is 0. The lowest BCUT2D eigenvalue weighted by Crippen LogP contribution is -2.40. The SMILES string of the molecule is CCOc1cc(/C=c2\sc3n(c2=O)[C@H](c2cc(Br)ccc2OC)C(C(=O)OC(C)C)=C(C)N=3)cc(Br)c1OC. The topological polar surface area (TPSA) is 88.4 Å². The van der Waals surface area contributed by atoms with Crippen LogP contribution in [0, 0.1) is 0 Å². The maximum absolute atomic E-state index is 14.0. The van der Waals surface area contributed by atoms with Crippen LogP contribution in [0.25, 0.3) is 6.08 Å². The van der Waals surface area contributed by atoms with Gasteiger partial charge in [0.2, 0.25) is 0 Å². The Morgan fingerprint density at radius 1 is 1.15 bits per heavy atom. The van der Waals surface area contributed by atoms with E-state index in [4.69, 9.17) is 18.9 Å². The Morgan fingerprint density at radius 2 is 1.90 bits per heavy atom. The molecule has 1 aliphatic rings. The number of carbonyl (C=O) groups excluding carboxylic acids is 1. The maximum atomic E-state index is 14.0. The van der Waals surface area contributed by atoms with Crippen LogP contribution in [-0.4, -0.2) is 37.5 Å². The zero-order valence-corrected chi connectivity index (χ0v) is 26.3. The number of aromatic nitrogens is 1. The van der Waals surface area contributed by atoms with Gasteiger partial charge in [-0.15, -0.1) is 0 Å². The molecule has 11 heteroatoms. The molecule has 0 aliphatic carbocycles. The van der Waals surface area contributed by atoms with Crippen LogP contribution in [-0.2, 0) is 9.53 Å². The molecule has 8 nitrogen and oxygen atoms in total. The van der Waals surface area contributed by atoms with E-state index in [0.717, 1.165) is 10.0 Å². The molecule has 3 aromatic rings. The van der Waals surface area contributed by atoms with Crippen molar-refractivity contribution in [2.24, 2.45) is 4.99 Å². The van der Waals surface area contributed by atoms with E-state index in [2.05, 4.69) is 36.9 Å². The fourth-order valence-electron chi connectivity index (χ4n) is 4.36. The van der Waals surface area contributed by atoms with Gasteiger partial charge in [0, 0.05) is 10.0 Å². The van der Waals surface area contributed by atoms with Crippen molar-refractivity contribution >= 4 is 55.2 Å². The number of rotatable bonds is 8. The minimum absolute atomic E-state index is 0.282. The number of thiazole rings is 1. The van der Waals surface area contributed by atoms with Crippen LogP contribution in [0.1, 0.15) is 44.9 Å². The van der Waals surface area contributed by atoms with Crippen molar-refractivity contribution in [3.63, 3.8) is 0 Å². The first-order valence-corrected chi connectivity index (χ1v) is 14.6. The van der Waals surface area contributed by atoms with E-state index in [1.807, 2.05) is 31.2 Å². The van der Waals surface area contributed by atoms with Crippen LogP contribution in [0.5, 0.6) is 17.2 Å². The number of halogens is 2. The highest BCUT2D eigenvalue weighted by molar-refractivity contribution is 9.10. The summed E-state index contributed by atoms with van der Waals surface area (Å²) in [4.78, 5) is 32.5. The van der Waals surface area contributed by atoms with Crippen LogP contribution in [0.4, 0.5) is 0 Å². The van der Waals surface area contributed by atoms with Gasteiger partial charge >= 0.3 is 5.97 Å². The minimum Gasteiger partial charge on any atom is -0.496 e. The van der Waals surface area contributed by atoms with E-state index in [0.29, 0.717) is 48.9 Å². The molecule has 2 heterocycles. The number of ether oxygens (including phenoxy) is 4. The first-order valence-electron chi connectivity index (χ1n) is 12.2. The summed E-state index contributed by atoms with van der Waals surface area (Å²) in [6, 6.07) is 8.34. The van der Waals surface area contributed by atoms with Crippen molar-refractivity contribution in [1.82, 2.24) is 4.57 Å². The molecule has 0 spiro atoms. The largest absolute Gasteiger partial charge is 0.496 e. The third-order valence-electron chi connectivity index (χ3n) is 5.90. The molecular formula is C28H28Br2N2O6S. The molecule has 0 radical (unpaired) electrons. The average molecular weight is 680 g/mol. The van der Waals surface area contributed by atoms with Crippen LogP contribution in [0.15, 0.2) is 60.3 Å². The van der Waals surface area contributed by atoms with E-state index >= 15 is 0 Å². The van der Waals surface area contributed by atoms with Crippen LogP contribution >= 0.6 is 43.2 Å². The zero-order chi connectivity index (χ0) is 28.4.